The Hall–Kier alpha value is -2.34. The van der Waals surface area contributed by atoms with Crippen molar-refractivity contribution in [3.05, 3.63) is 76.8 Å². The van der Waals surface area contributed by atoms with E-state index in [1.54, 1.807) is 18.2 Å². The molecule has 5 nitrogen and oxygen atoms in total. The molecule has 2 aromatic carbocycles. The molecule has 1 fully saturated rings. The van der Waals surface area contributed by atoms with Crippen LogP contribution in [0, 0.1) is 5.92 Å². The molecule has 162 valence electrons. The van der Waals surface area contributed by atoms with Crippen molar-refractivity contribution in [1.82, 2.24) is 0 Å². The first-order valence-electron chi connectivity index (χ1n) is 10.2. The highest BCUT2D eigenvalue weighted by Crippen LogP contribution is 2.43. The van der Waals surface area contributed by atoms with E-state index in [2.05, 4.69) is 0 Å². The minimum Gasteiger partial charge on any atom is -0.508 e. The minimum absolute atomic E-state index is 0.0203. The Kier molecular flexibility index (Phi) is 9.87. The number of allylic oxidation sites excluding steroid dienone is 2. The molecular weight excluding hydrogens is 404 g/mol. The molecule has 3 rings (SSSR count). The molecule has 6 heteroatoms. The molecule has 1 saturated heterocycles. The normalized spacial score (nSPS) is 21.1. The molecule has 0 bridgehead atoms. The van der Waals surface area contributed by atoms with Crippen LogP contribution in [0.15, 0.2) is 60.7 Å². The van der Waals surface area contributed by atoms with Gasteiger partial charge in [-0.1, -0.05) is 74.0 Å². The Morgan fingerprint density at radius 2 is 1.77 bits per heavy atom. The van der Waals surface area contributed by atoms with Gasteiger partial charge in [0.05, 0.1) is 12.7 Å². The van der Waals surface area contributed by atoms with Gasteiger partial charge in [0.2, 0.25) is 0 Å². The third-order valence-electron chi connectivity index (χ3n) is 4.69. The van der Waals surface area contributed by atoms with Crippen LogP contribution in [0.2, 0.25) is 5.02 Å². The molecule has 1 aliphatic rings. The van der Waals surface area contributed by atoms with Gasteiger partial charge in [0, 0.05) is 28.5 Å². The van der Waals surface area contributed by atoms with E-state index in [0.29, 0.717) is 30.0 Å². The molecule has 2 N–H and O–H groups in total. The maximum absolute atomic E-state index is 10.6. The average Bonchev–Trinajstić information content (AvgIpc) is 2.76. The maximum Gasteiger partial charge on any atom is 0.303 e. The highest BCUT2D eigenvalue weighted by Gasteiger charge is 2.35. The molecule has 0 amide bonds. The van der Waals surface area contributed by atoms with Crippen LogP contribution >= 0.6 is 11.6 Å². The zero-order valence-electron chi connectivity index (χ0n) is 17.3. The first kappa shape index (κ1) is 23.9. The molecule has 0 saturated carbocycles. The van der Waals surface area contributed by atoms with Crippen LogP contribution in [0.3, 0.4) is 0 Å². The second-order valence-corrected chi connectivity index (χ2v) is 7.11. The standard InChI is InChI=1S/C22H23ClO5.C2H6/c23-18-11-6-4-9-16(18)22-27-14-15(8-2-1-3-13-20(25)26)21(28-22)17-10-5-7-12-19(17)24;1-2/h1-2,4-7,9-12,15,21-22,24H,3,8,13-14H2,(H,25,26);1-2H3/b2-1-;/t15-,21?,22?;/m1./s1. The van der Waals surface area contributed by atoms with Gasteiger partial charge in [-0.2, -0.15) is 0 Å². The monoisotopic (exact) mass is 432 g/mol. The summed E-state index contributed by atoms with van der Waals surface area (Å²) >= 11 is 6.29. The number of aromatic hydroxyl groups is 1. The lowest BCUT2D eigenvalue weighted by molar-refractivity contribution is -0.244. The number of phenols is 1. The number of hydrogen-bond acceptors (Lipinski definition) is 4. The van der Waals surface area contributed by atoms with E-state index in [0.717, 1.165) is 5.56 Å². The third-order valence-corrected chi connectivity index (χ3v) is 5.04. The number of para-hydroxylation sites is 1. The fraction of sp³-hybridized carbons (Fsp3) is 0.375. The number of hydrogen-bond donors (Lipinski definition) is 2. The molecule has 0 aliphatic carbocycles. The Labute approximate surface area is 182 Å². The van der Waals surface area contributed by atoms with E-state index in [9.17, 15) is 9.90 Å². The van der Waals surface area contributed by atoms with E-state index < -0.39 is 12.3 Å². The molecule has 2 unspecified atom stereocenters. The first-order chi connectivity index (χ1) is 14.6. The van der Waals surface area contributed by atoms with Gasteiger partial charge in [-0.25, -0.2) is 0 Å². The number of carbonyl (C=O) groups is 1. The Bertz CT molecular complexity index is 836. The topological polar surface area (TPSA) is 76.0 Å². The number of aliphatic carboxylic acids is 1. The van der Waals surface area contributed by atoms with Gasteiger partial charge in [0.1, 0.15) is 5.75 Å². The minimum atomic E-state index is -0.816. The van der Waals surface area contributed by atoms with Crippen molar-refractivity contribution in [2.24, 2.45) is 5.92 Å². The summed E-state index contributed by atoms with van der Waals surface area (Å²) in [6.07, 6.45) is 4.04. The van der Waals surface area contributed by atoms with Crippen LogP contribution in [-0.2, 0) is 14.3 Å². The number of carboxylic acids is 1. The number of rotatable bonds is 7. The molecule has 0 aromatic heterocycles. The number of phenolic OH excluding ortho intramolecular Hbond substituents is 1. The van der Waals surface area contributed by atoms with Crippen molar-refractivity contribution >= 4 is 17.6 Å². The summed E-state index contributed by atoms with van der Waals surface area (Å²) in [6, 6.07) is 14.5. The largest absolute Gasteiger partial charge is 0.508 e. The van der Waals surface area contributed by atoms with Gasteiger partial charge in [-0.05, 0) is 25.0 Å². The fourth-order valence-corrected chi connectivity index (χ4v) is 3.48. The zero-order valence-corrected chi connectivity index (χ0v) is 18.1. The summed E-state index contributed by atoms with van der Waals surface area (Å²) in [5.41, 5.74) is 1.45. The van der Waals surface area contributed by atoms with Crippen molar-refractivity contribution in [3.63, 3.8) is 0 Å². The van der Waals surface area contributed by atoms with Crippen molar-refractivity contribution in [2.75, 3.05) is 6.61 Å². The third kappa shape index (κ3) is 6.59. The molecular formula is C24H29ClO5. The van der Waals surface area contributed by atoms with Crippen LogP contribution in [-0.4, -0.2) is 22.8 Å². The molecule has 3 atom stereocenters. The first-order valence-corrected chi connectivity index (χ1v) is 10.6. The second-order valence-electron chi connectivity index (χ2n) is 6.70. The van der Waals surface area contributed by atoms with Gasteiger partial charge in [-0.3, -0.25) is 4.79 Å². The summed E-state index contributed by atoms with van der Waals surface area (Å²) in [5, 5.41) is 19.6. The Morgan fingerprint density at radius 1 is 1.10 bits per heavy atom. The lowest BCUT2D eigenvalue weighted by Gasteiger charge is -2.37. The predicted octanol–water partition coefficient (Wildman–Crippen LogP) is 6.29. The van der Waals surface area contributed by atoms with Gasteiger partial charge in [-0.15, -0.1) is 0 Å². The molecule has 0 radical (unpaired) electrons. The summed E-state index contributed by atoms with van der Waals surface area (Å²) in [5.74, 6) is -0.663. The van der Waals surface area contributed by atoms with Crippen LogP contribution in [0.25, 0.3) is 0 Å². The number of carboxylic acid groups (broad SMARTS) is 1. The van der Waals surface area contributed by atoms with Gasteiger partial charge >= 0.3 is 5.97 Å². The SMILES string of the molecule is CC.O=C(O)CC/C=C\C[C@@H]1COC(c2ccccc2Cl)OC1c1ccccc1O. The summed E-state index contributed by atoms with van der Waals surface area (Å²) in [4.78, 5) is 10.6. The van der Waals surface area contributed by atoms with Crippen LogP contribution in [0.1, 0.15) is 56.6 Å². The highest BCUT2D eigenvalue weighted by atomic mass is 35.5. The molecule has 2 aromatic rings. The molecule has 0 spiro atoms. The lowest BCUT2D eigenvalue weighted by atomic mass is 9.91. The van der Waals surface area contributed by atoms with Crippen molar-refractivity contribution < 1.29 is 24.5 Å². The van der Waals surface area contributed by atoms with Crippen LogP contribution in [0.5, 0.6) is 5.75 Å². The van der Waals surface area contributed by atoms with Gasteiger partial charge in [0.25, 0.3) is 0 Å². The van der Waals surface area contributed by atoms with Crippen molar-refractivity contribution in [3.8, 4) is 5.75 Å². The van der Waals surface area contributed by atoms with Crippen LogP contribution < -0.4 is 0 Å². The fourth-order valence-electron chi connectivity index (χ4n) is 3.25. The highest BCUT2D eigenvalue weighted by molar-refractivity contribution is 6.31. The van der Waals surface area contributed by atoms with E-state index in [-0.39, 0.29) is 24.2 Å². The van der Waals surface area contributed by atoms with E-state index in [1.165, 1.54) is 0 Å². The van der Waals surface area contributed by atoms with Gasteiger partial charge < -0.3 is 19.7 Å². The smallest absolute Gasteiger partial charge is 0.303 e. The van der Waals surface area contributed by atoms with Gasteiger partial charge in [0.15, 0.2) is 6.29 Å². The van der Waals surface area contributed by atoms with E-state index in [4.69, 9.17) is 26.2 Å². The van der Waals surface area contributed by atoms with E-state index in [1.807, 2.05) is 56.3 Å². The Morgan fingerprint density at radius 3 is 2.43 bits per heavy atom. The average molecular weight is 433 g/mol. The van der Waals surface area contributed by atoms with Crippen molar-refractivity contribution in [1.29, 1.82) is 0 Å². The quantitative estimate of drug-likeness (QED) is 0.503. The molecule has 1 heterocycles. The zero-order chi connectivity index (χ0) is 21.9. The van der Waals surface area contributed by atoms with Crippen molar-refractivity contribution in [2.45, 2.75) is 45.5 Å². The predicted molar refractivity (Wildman–Crippen MR) is 118 cm³/mol. The van der Waals surface area contributed by atoms with E-state index >= 15 is 0 Å². The molecule has 30 heavy (non-hydrogen) atoms. The number of ether oxygens (including phenoxy) is 2. The second kappa shape index (κ2) is 12.4. The van der Waals surface area contributed by atoms with Crippen LogP contribution in [0.4, 0.5) is 0 Å². The summed E-state index contributed by atoms with van der Waals surface area (Å²) < 4.78 is 12.2. The number of halogens is 1. The number of benzene rings is 2. The summed E-state index contributed by atoms with van der Waals surface area (Å²) in [7, 11) is 0. The Balaban J connectivity index is 0.00000155. The molecule has 1 aliphatic heterocycles. The maximum atomic E-state index is 10.6. The summed E-state index contributed by atoms with van der Waals surface area (Å²) in [6.45, 7) is 4.43. The lowest BCUT2D eigenvalue weighted by Crippen LogP contribution is -2.30.